The lowest BCUT2D eigenvalue weighted by Gasteiger charge is -2.08. The molecule has 1 aromatic heterocycles. The summed E-state index contributed by atoms with van der Waals surface area (Å²) in [6, 6.07) is 18.0. The number of aromatic nitrogens is 1. The molecule has 0 aliphatic carbocycles. The van der Waals surface area contributed by atoms with Gasteiger partial charge < -0.3 is 4.57 Å². The van der Waals surface area contributed by atoms with Gasteiger partial charge in [0.25, 0.3) is 5.56 Å². The first-order valence-corrected chi connectivity index (χ1v) is 7.65. The number of halogens is 1. The van der Waals surface area contributed by atoms with Crippen LogP contribution in [0.5, 0.6) is 0 Å². The first-order valence-electron chi connectivity index (χ1n) is 6.57. The molecule has 1 heterocycles. The monoisotopic (exact) mass is 375 g/mol. The highest BCUT2D eigenvalue weighted by molar-refractivity contribution is 14.1. The molecule has 0 unspecified atom stereocenters. The van der Waals surface area contributed by atoms with Crippen molar-refractivity contribution in [2.24, 2.45) is 0 Å². The van der Waals surface area contributed by atoms with Crippen molar-refractivity contribution in [3.63, 3.8) is 0 Å². The number of hydrogen-bond donors (Lipinski definition) is 0. The van der Waals surface area contributed by atoms with Crippen molar-refractivity contribution in [1.29, 1.82) is 0 Å². The van der Waals surface area contributed by atoms with Gasteiger partial charge in [-0.3, -0.25) is 4.79 Å². The average molecular weight is 375 g/mol. The molecular formula is C17H14INO. The SMILES string of the molecule is O=c1c2ccccc2ccn1CCc1ccccc1I. The van der Waals surface area contributed by atoms with Crippen LogP contribution in [-0.2, 0) is 13.0 Å². The zero-order valence-electron chi connectivity index (χ0n) is 10.9. The second-order valence-electron chi connectivity index (χ2n) is 4.74. The highest BCUT2D eigenvalue weighted by Crippen LogP contribution is 2.13. The lowest BCUT2D eigenvalue weighted by molar-refractivity contribution is 0.674. The summed E-state index contributed by atoms with van der Waals surface area (Å²) in [5.41, 5.74) is 1.38. The van der Waals surface area contributed by atoms with Crippen molar-refractivity contribution in [3.8, 4) is 0 Å². The number of pyridine rings is 1. The minimum Gasteiger partial charge on any atom is -0.315 e. The van der Waals surface area contributed by atoms with E-state index < -0.39 is 0 Å². The van der Waals surface area contributed by atoms with E-state index in [0.717, 1.165) is 17.2 Å². The molecule has 20 heavy (non-hydrogen) atoms. The molecule has 0 saturated heterocycles. The lowest BCUT2D eigenvalue weighted by atomic mass is 10.1. The van der Waals surface area contributed by atoms with Crippen LogP contribution in [0.4, 0.5) is 0 Å². The van der Waals surface area contributed by atoms with Gasteiger partial charge in [-0.25, -0.2) is 0 Å². The molecule has 0 amide bonds. The summed E-state index contributed by atoms with van der Waals surface area (Å²) in [6.45, 7) is 0.712. The molecule has 0 aliphatic rings. The molecule has 0 aliphatic heterocycles. The predicted octanol–water partition coefficient (Wildman–Crippen LogP) is 3.85. The summed E-state index contributed by atoms with van der Waals surface area (Å²) in [4.78, 5) is 12.4. The third kappa shape index (κ3) is 2.63. The summed E-state index contributed by atoms with van der Waals surface area (Å²) in [6.07, 6.45) is 2.76. The van der Waals surface area contributed by atoms with Gasteiger partial charge in [-0.1, -0.05) is 36.4 Å². The average Bonchev–Trinajstić information content (AvgIpc) is 2.48. The normalized spacial score (nSPS) is 10.8. The second-order valence-corrected chi connectivity index (χ2v) is 5.91. The highest BCUT2D eigenvalue weighted by Gasteiger charge is 2.03. The fourth-order valence-electron chi connectivity index (χ4n) is 2.35. The van der Waals surface area contributed by atoms with E-state index in [-0.39, 0.29) is 5.56 Å². The summed E-state index contributed by atoms with van der Waals surface area (Å²) in [7, 11) is 0. The van der Waals surface area contributed by atoms with E-state index in [2.05, 4.69) is 34.7 Å². The van der Waals surface area contributed by atoms with Crippen molar-refractivity contribution in [2.75, 3.05) is 0 Å². The first kappa shape index (κ1) is 13.4. The number of nitrogens with zero attached hydrogens (tertiary/aromatic N) is 1. The minimum absolute atomic E-state index is 0.0917. The fourth-order valence-corrected chi connectivity index (χ4v) is 3.01. The van der Waals surface area contributed by atoms with Gasteiger partial charge >= 0.3 is 0 Å². The molecule has 0 N–H and O–H groups in total. The topological polar surface area (TPSA) is 22.0 Å². The van der Waals surface area contributed by atoms with Crippen LogP contribution in [0, 0.1) is 3.57 Å². The minimum atomic E-state index is 0.0917. The maximum Gasteiger partial charge on any atom is 0.258 e. The molecular weight excluding hydrogens is 361 g/mol. The van der Waals surface area contributed by atoms with Gasteiger partial charge in [-0.15, -0.1) is 0 Å². The van der Waals surface area contributed by atoms with E-state index in [1.807, 2.05) is 48.7 Å². The van der Waals surface area contributed by atoms with E-state index in [1.165, 1.54) is 9.13 Å². The Labute approximate surface area is 131 Å². The zero-order chi connectivity index (χ0) is 13.9. The Kier molecular flexibility index (Phi) is 3.87. The van der Waals surface area contributed by atoms with Crippen LogP contribution in [0.25, 0.3) is 10.8 Å². The van der Waals surface area contributed by atoms with Crippen LogP contribution in [0.15, 0.2) is 65.6 Å². The van der Waals surface area contributed by atoms with E-state index in [0.29, 0.717) is 6.54 Å². The molecule has 0 atom stereocenters. The highest BCUT2D eigenvalue weighted by atomic mass is 127. The quantitative estimate of drug-likeness (QED) is 0.638. The molecule has 100 valence electrons. The van der Waals surface area contributed by atoms with Gasteiger partial charge in [0.2, 0.25) is 0 Å². The number of rotatable bonds is 3. The Morgan fingerprint density at radius 1 is 0.950 bits per heavy atom. The summed E-state index contributed by atoms with van der Waals surface area (Å²) in [5, 5.41) is 1.79. The Hall–Kier alpha value is -1.62. The number of hydrogen-bond acceptors (Lipinski definition) is 1. The maximum absolute atomic E-state index is 12.4. The van der Waals surface area contributed by atoms with Crippen LogP contribution in [0.1, 0.15) is 5.56 Å². The largest absolute Gasteiger partial charge is 0.315 e. The van der Waals surface area contributed by atoms with Crippen molar-refractivity contribution >= 4 is 33.4 Å². The van der Waals surface area contributed by atoms with Crippen molar-refractivity contribution in [2.45, 2.75) is 13.0 Å². The fraction of sp³-hybridized carbons (Fsp3) is 0.118. The third-order valence-corrected chi connectivity index (χ3v) is 4.52. The van der Waals surface area contributed by atoms with Crippen LogP contribution >= 0.6 is 22.6 Å². The molecule has 0 bridgehead atoms. The van der Waals surface area contributed by atoms with Crippen molar-refractivity contribution < 1.29 is 0 Å². The summed E-state index contributed by atoms with van der Waals surface area (Å²) >= 11 is 2.34. The van der Waals surface area contributed by atoms with Gasteiger partial charge in [0.1, 0.15) is 0 Å². The Morgan fingerprint density at radius 2 is 1.70 bits per heavy atom. The van der Waals surface area contributed by atoms with E-state index in [9.17, 15) is 4.79 Å². The van der Waals surface area contributed by atoms with Crippen molar-refractivity contribution in [1.82, 2.24) is 4.57 Å². The molecule has 0 radical (unpaired) electrons. The zero-order valence-corrected chi connectivity index (χ0v) is 13.1. The van der Waals surface area contributed by atoms with Crippen LogP contribution in [-0.4, -0.2) is 4.57 Å². The van der Waals surface area contributed by atoms with Crippen LogP contribution in [0.2, 0.25) is 0 Å². The molecule has 3 rings (SSSR count). The Bertz CT molecular complexity index is 807. The van der Waals surface area contributed by atoms with Gasteiger partial charge in [0.05, 0.1) is 0 Å². The van der Waals surface area contributed by atoms with Crippen molar-refractivity contribution in [3.05, 3.63) is 80.3 Å². The lowest BCUT2D eigenvalue weighted by Crippen LogP contribution is -2.20. The number of aryl methyl sites for hydroxylation is 2. The smallest absolute Gasteiger partial charge is 0.258 e. The van der Waals surface area contributed by atoms with Gasteiger partial charge in [-0.2, -0.15) is 0 Å². The number of fused-ring (bicyclic) bond motifs is 1. The molecule has 2 nitrogen and oxygen atoms in total. The molecule has 2 aromatic carbocycles. The predicted molar refractivity (Wildman–Crippen MR) is 91.1 cm³/mol. The molecule has 0 fully saturated rings. The Morgan fingerprint density at radius 3 is 2.55 bits per heavy atom. The molecule has 0 spiro atoms. The molecule has 3 aromatic rings. The van der Waals surface area contributed by atoms with Crippen LogP contribution in [0.3, 0.4) is 0 Å². The molecule has 3 heteroatoms. The van der Waals surface area contributed by atoms with E-state index in [1.54, 1.807) is 4.57 Å². The maximum atomic E-state index is 12.4. The summed E-state index contributed by atoms with van der Waals surface area (Å²) < 4.78 is 3.05. The standard InChI is InChI=1S/C17H14INO/c18-16-8-4-2-6-14(16)10-12-19-11-9-13-5-1-3-7-15(13)17(19)20/h1-9,11H,10,12H2. The van der Waals surface area contributed by atoms with Gasteiger partial charge in [-0.05, 0) is 58.2 Å². The Balaban J connectivity index is 1.90. The van der Waals surface area contributed by atoms with Crippen LogP contribution < -0.4 is 5.56 Å². The van der Waals surface area contributed by atoms with Gasteiger partial charge in [0, 0.05) is 21.7 Å². The van der Waals surface area contributed by atoms with E-state index in [4.69, 9.17) is 0 Å². The molecule has 0 saturated carbocycles. The third-order valence-electron chi connectivity index (χ3n) is 3.47. The van der Waals surface area contributed by atoms with E-state index >= 15 is 0 Å². The number of benzene rings is 2. The second kappa shape index (κ2) is 5.79. The van der Waals surface area contributed by atoms with Gasteiger partial charge in [0.15, 0.2) is 0 Å². The first-order chi connectivity index (χ1) is 9.75. The summed E-state index contributed by atoms with van der Waals surface area (Å²) in [5.74, 6) is 0.